The minimum Gasteiger partial charge on any atom is -0.452 e. The summed E-state index contributed by atoms with van der Waals surface area (Å²) in [5.41, 5.74) is 4.75. The Bertz CT molecular complexity index is 834. The van der Waals surface area contributed by atoms with Gasteiger partial charge in [0.1, 0.15) is 11.2 Å². The molecule has 0 spiro atoms. The van der Waals surface area contributed by atoms with Crippen LogP contribution in [0.15, 0.2) is 33.5 Å². The van der Waals surface area contributed by atoms with Crippen molar-refractivity contribution in [3.8, 4) is 11.5 Å². The molecule has 0 saturated heterocycles. The van der Waals surface area contributed by atoms with Gasteiger partial charge in [0.15, 0.2) is 16.8 Å². The predicted octanol–water partition coefficient (Wildman–Crippen LogP) is 2.98. The number of anilines is 1. The van der Waals surface area contributed by atoms with Crippen LogP contribution in [0.4, 0.5) is 5.69 Å². The van der Waals surface area contributed by atoms with Gasteiger partial charge in [-0.15, -0.1) is 0 Å². The zero-order valence-electron chi connectivity index (χ0n) is 12.0. The van der Waals surface area contributed by atoms with Gasteiger partial charge >= 0.3 is 0 Å². The van der Waals surface area contributed by atoms with Crippen molar-refractivity contribution in [2.24, 2.45) is 0 Å². The lowest BCUT2D eigenvalue weighted by molar-refractivity contribution is 0.607. The van der Waals surface area contributed by atoms with Crippen molar-refractivity contribution in [3.05, 3.63) is 45.6 Å². The Labute approximate surface area is 117 Å². The topological polar surface area (TPSA) is 46.3 Å². The van der Waals surface area contributed by atoms with E-state index in [2.05, 4.69) is 4.98 Å². The molecule has 0 N–H and O–H groups in total. The SMILES string of the molecule is Cc1cc(=O)c(C)c2oc3ccc(N(C)C)cc3nc1-2. The van der Waals surface area contributed by atoms with E-state index < -0.39 is 0 Å². The average Bonchev–Trinajstić information content (AvgIpc) is 2.42. The Morgan fingerprint density at radius 3 is 2.60 bits per heavy atom. The molecular weight excluding hydrogens is 252 g/mol. The Kier molecular flexibility index (Phi) is 2.74. The van der Waals surface area contributed by atoms with E-state index in [1.807, 2.05) is 44.1 Å². The molecule has 102 valence electrons. The molecule has 4 heteroatoms. The van der Waals surface area contributed by atoms with Gasteiger partial charge in [0, 0.05) is 25.3 Å². The van der Waals surface area contributed by atoms with Crippen LogP contribution in [0.3, 0.4) is 0 Å². The third-order valence-electron chi connectivity index (χ3n) is 3.55. The number of aryl methyl sites for hydroxylation is 1. The molecule has 1 aromatic rings. The van der Waals surface area contributed by atoms with E-state index in [0.717, 1.165) is 22.5 Å². The Morgan fingerprint density at radius 2 is 1.90 bits per heavy atom. The second-order valence-electron chi connectivity index (χ2n) is 5.25. The van der Waals surface area contributed by atoms with Crippen LogP contribution >= 0.6 is 0 Å². The molecule has 0 atom stereocenters. The maximum atomic E-state index is 11.8. The molecule has 1 aliphatic heterocycles. The zero-order chi connectivity index (χ0) is 14.4. The molecule has 20 heavy (non-hydrogen) atoms. The van der Waals surface area contributed by atoms with Crippen LogP contribution in [0.2, 0.25) is 0 Å². The molecule has 1 aromatic carbocycles. The van der Waals surface area contributed by atoms with Gasteiger partial charge in [-0.3, -0.25) is 4.79 Å². The second-order valence-corrected chi connectivity index (χ2v) is 5.25. The van der Waals surface area contributed by atoms with Crippen LogP contribution in [0.5, 0.6) is 0 Å². The van der Waals surface area contributed by atoms with Gasteiger partial charge in [-0.05, 0) is 43.7 Å². The predicted molar refractivity (Wildman–Crippen MR) is 80.7 cm³/mol. The molecule has 0 unspecified atom stereocenters. The lowest BCUT2D eigenvalue weighted by Gasteiger charge is -2.14. The van der Waals surface area contributed by atoms with Crippen LogP contribution < -0.4 is 10.3 Å². The molecule has 3 rings (SSSR count). The summed E-state index contributed by atoms with van der Waals surface area (Å²) in [4.78, 5) is 18.5. The van der Waals surface area contributed by atoms with E-state index in [1.54, 1.807) is 13.0 Å². The summed E-state index contributed by atoms with van der Waals surface area (Å²) < 4.78 is 5.89. The first-order valence-corrected chi connectivity index (χ1v) is 6.49. The molecule has 0 bridgehead atoms. The molecule has 0 aromatic heterocycles. The molecule has 0 radical (unpaired) electrons. The Hall–Kier alpha value is -2.36. The van der Waals surface area contributed by atoms with E-state index in [4.69, 9.17) is 4.42 Å². The fourth-order valence-electron chi connectivity index (χ4n) is 2.29. The highest BCUT2D eigenvalue weighted by Gasteiger charge is 2.17. The normalized spacial score (nSPS) is 11.2. The number of hydrogen-bond acceptors (Lipinski definition) is 4. The maximum absolute atomic E-state index is 11.8. The Balaban J connectivity index is 2.41. The van der Waals surface area contributed by atoms with Gasteiger partial charge in [0.2, 0.25) is 0 Å². The van der Waals surface area contributed by atoms with Crippen molar-refractivity contribution in [2.45, 2.75) is 13.8 Å². The number of hydrogen-bond donors (Lipinski definition) is 0. The number of benzene rings is 2. The van der Waals surface area contributed by atoms with E-state index in [1.165, 1.54) is 0 Å². The number of nitrogens with zero attached hydrogens (tertiary/aromatic N) is 2. The van der Waals surface area contributed by atoms with Crippen molar-refractivity contribution in [2.75, 3.05) is 19.0 Å². The van der Waals surface area contributed by atoms with Crippen molar-refractivity contribution in [3.63, 3.8) is 0 Å². The summed E-state index contributed by atoms with van der Waals surface area (Å²) in [6, 6.07) is 7.46. The van der Waals surface area contributed by atoms with Gasteiger partial charge in [0.25, 0.3) is 0 Å². The van der Waals surface area contributed by atoms with E-state index in [0.29, 0.717) is 16.9 Å². The highest BCUT2D eigenvalue weighted by molar-refractivity contribution is 5.81. The summed E-state index contributed by atoms with van der Waals surface area (Å²) in [7, 11) is 3.97. The third-order valence-corrected chi connectivity index (χ3v) is 3.55. The first-order chi connectivity index (χ1) is 9.47. The smallest absolute Gasteiger partial charge is 0.185 e. The molecule has 2 aliphatic rings. The fraction of sp³-hybridized carbons (Fsp3) is 0.250. The highest BCUT2D eigenvalue weighted by Crippen LogP contribution is 2.30. The van der Waals surface area contributed by atoms with Crippen LogP contribution in [-0.2, 0) is 0 Å². The fourth-order valence-corrected chi connectivity index (χ4v) is 2.29. The monoisotopic (exact) mass is 268 g/mol. The summed E-state index contributed by atoms with van der Waals surface area (Å²) >= 11 is 0. The largest absolute Gasteiger partial charge is 0.452 e. The summed E-state index contributed by atoms with van der Waals surface area (Å²) in [6.45, 7) is 3.66. The van der Waals surface area contributed by atoms with Gasteiger partial charge in [-0.2, -0.15) is 0 Å². The van der Waals surface area contributed by atoms with Gasteiger partial charge in [-0.25, -0.2) is 4.98 Å². The standard InChI is InChI=1S/C16H16N2O2/c1-9-7-13(19)10(2)16-15(9)17-12-8-11(18(3)4)5-6-14(12)20-16/h5-8H,1-4H3. The second kappa shape index (κ2) is 4.34. The van der Waals surface area contributed by atoms with Gasteiger partial charge in [0.05, 0.1) is 0 Å². The molecule has 0 amide bonds. The van der Waals surface area contributed by atoms with Gasteiger partial charge in [-0.1, -0.05) is 0 Å². The van der Waals surface area contributed by atoms with E-state index in [-0.39, 0.29) is 5.43 Å². The minimum atomic E-state index is -0.00943. The van der Waals surface area contributed by atoms with Gasteiger partial charge < -0.3 is 9.32 Å². The molecule has 0 fully saturated rings. The zero-order valence-corrected chi connectivity index (χ0v) is 12.0. The molecular formula is C16H16N2O2. The van der Waals surface area contributed by atoms with Crippen molar-refractivity contribution in [1.29, 1.82) is 0 Å². The number of aromatic nitrogens is 1. The maximum Gasteiger partial charge on any atom is 0.185 e. The average molecular weight is 268 g/mol. The number of rotatable bonds is 1. The summed E-state index contributed by atoms with van der Waals surface area (Å²) in [6.07, 6.45) is 0. The lowest BCUT2D eigenvalue weighted by Crippen LogP contribution is -2.10. The number of fused-ring (bicyclic) bond motifs is 2. The highest BCUT2D eigenvalue weighted by atomic mass is 16.3. The Morgan fingerprint density at radius 1 is 1.15 bits per heavy atom. The first kappa shape index (κ1) is 12.7. The first-order valence-electron chi connectivity index (χ1n) is 6.49. The van der Waals surface area contributed by atoms with Crippen LogP contribution in [0.25, 0.3) is 22.6 Å². The molecule has 1 aliphatic carbocycles. The van der Waals surface area contributed by atoms with Crippen LogP contribution in [0, 0.1) is 13.8 Å². The lowest BCUT2D eigenvalue weighted by atomic mass is 10.0. The van der Waals surface area contributed by atoms with Crippen molar-refractivity contribution in [1.82, 2.24) is 4.98 Å². The van der Waals surface area contributed by atoms with Crippen LogP contribution in [-0.4, -0.2) is 19.1 Å². The van der Waals surface area contributed by atoms with E-state index in [9.17, 15) is 4.79 Å². The van der Waals surface area contributed by atoms with E-state index >= 15 is 0 Å². The minimum absolute atomic E-state index is 0.00943. The molecule has 4 nitrogen and oxygen atoms in total. The van der Waals surface area contributed by atoms with Crippen LogP contribution in [0.1, 0.15) is 11.1 Å². The summed E-state index contributed by atoms with van der Waals surface area (Å²) in [5.74, 6) is 0.583. The van der Waals surface area contributed by atoms with Crippen molar-refractivity contribution < 1.29 is 4.42 Å². The molecule has 0 saturated carbocycles. The third kappa shape index (κ3) is 1.84. The quantitative estimate of drug-likeness (QED) is 0.636. The summed E-state index contributed by atoms with van der Waals surface area (Å²) in [5, 5.41) is 0. The van der Waals surface area contributed by atoms with Crippen molar-refractivity contribution >= 4 is 16.8 Å². The molecule has 1 heterocycles.